The van der Waals surface area contributed by atoms with Crippen LogP contribution in [0.4, 0.5) is 0 Å². The predicted octanol–water partition coefficient (Wildman–Crippen LogP) is 13.7. The third-order valence-corrected chi connectivity index (χ3v) is 13.8. The highest BCUT2D eigenvalue weighted by atomic mass is 32.4. The third-order valence-electron chi connectivity index (χ3n) is 11.2. The predicted molar refractivity (Wildman–Crippen MR) is 245 cm³/mol. The van der Waals surface area contributed by atoms with E-state index >= 15 is 0 Å². The summed E-state index contributed by atoms with van der Waals surface area (Å²) >= 11 is 0. The van der Waals surface area contributed by atoms with Gasteiger partial charge < -0.3 is 4.57 Å². The summed E-state index contributed by atoms with van der Waals surface area (Å²) < 4.78 is 4.79. The molecule has 0 aliphatic carbocycles. The molecule has 7 aromatic carbocycles. The second-order valence-electron chi connectivity index (χ2n) is 18.1. The second kappa shape index (κ2) is 11.8. The van der Waals surface area contributed by atoms with Crippen LogP contribution in [-0.2, 0) is 0 Å². The lowest BCUT2D eigenvalue weighted by Gasteiger charge is -2.66. The van der Waals surface area contributed by atoms with Gasteiger partial charge in [0.05, 0.1) is 27.8 Å². The number of nitrogens with zero attached hydrogens (tertiary/aromatic N) is 3. The van der Waals surface area contributed by atoms with Crippen LogP contribution in [0.2, 0.25) is 0 Å². The molecule has 0 saturated heterocycles. The average molecular weight is 744 g/mol. The standard InChI is InChI=1S/C52H45N3S/c1-56(2,3,4,5)42-28-26-41(27-29-42)54-48-22-14-12-20-43(48)45-30-24-38(33-50(45)54)39-25-31-46-44-21-13-15-23-49(44)55(51(46)34-39)52-35-40(36-16-8-6-9-17-36)32-47(53-52)37-18-10-7-11-19-37/h6-35H,1-5H3. The van der Waals surface area contributed by atoms with Gasteiger partial charge in [0.15, 0.2) is 0 Å². The van der Waals surface area contributed by atoms with Crippen molar-refractivity contribution in [1.29, 1.82) is 0 Å². The first-order valence-electron chi connectivity index (χ1n) is 19.2. The molecule has 0 aliphatic rings. The molecule has 0 saturated carbocycles. The van der Waals surface area contributed by atoms with Gasteiger partial charge in [0.25, 0.3) is 0 Å². The normalized spacial score (nSPS) is 13.4. The van der Waals surface area contributed by atoms with Gasteiger partial charge in [-0.3, -0.25) is 12.9 Å². The van der Waals surface area contributed by atoms with Crippen LogP contribution < -0.4 is 0 Å². The van der Waals surface area contributed by atoms with Crippen LogP contribution in [0, 0.1) is 0 Å². The number of para-hydroxylation sites is 2. The number of aromatic nitrogens is 3. The van der Waals surface area contributed by atoms with Gasteiger partial charge in [-0.15, -0.1) is 0 Å². The first kappa shape index (κ1) is 34.2. The number of benzene rings is 7. The van der Waals surface area contributed by atoms with Crippen LogP contribution >= 0.6 is 8.29 Å². The minimum atomic E-state index is -2.34. The Kier molecular flexibility index (Phi) is 7.21. The Morgan fingerprint density at radius 3 is 1.41 bits per heavy atom. The fourth-order valence-corrected chi connectivity index (χ4v) is 9.78. The van der Waals surface area contributed by atoms with Crippen LogP contribution in [0.15, 0.2) is 187 Å². The third kappa shape index (κ3) is 5.80. The Labute approximate surface area is 327 Å². The zero-order chi connectivity index (χ0) is 38.3. The van der Waals surface area contributed by atoms with Gasteiger partial charge in [0.2, 0.25) is 0 Å². The number of hydrogen-bond donors (Lipinski definition) is 0. The van der Waals surface area contributed by atoms with Crippen LogP contribution in [0.5, 0.6) is 0 Å². The quantitative estimate of drug-likeness (QED) is 0.166. The molecule has 0 aliphatic heterocycles. The van der Waals surface area contributed by atoms with E-state index in [0.29, 0.717) is 0 Å². The van der Waals surface area contributed by atoms with Crippen molar-refractivity contribution in [3.8, 4) is 45.0 Å². The van der Waals surface area contributed by atoms with Gasteiger partial charge in [0, 0.05) is 32.8 Å². The number of pyridine rings is 1. The van der Waals surface area contributed by atoms with Crippen LogP contribution in [0.25, 0.3) is 88.6 Å². The molecule has 0 amide bonds. The Bertz CT molecular complexity index is 3080. The summed E-state index contributed by atoms with van der Waals surface area (Å²) in [6.45, 7) is 0. The average Bonchev–Trinajstić information content (AvgIpc) is 3.73. The monoisotopic (exact) mass is 743 g/mol. The second-order valence-corrected chi connectivity index (χ2v) is 28.8. The van der Waals surface area contributed by atoms with E-state index in [4.69, 9.17) is 4.98 Å². The van der Waals surface area contributed by atoms with Gasteiger partial charge in [-0.05, 0) is 119 Å². The molecule has 3 aromatic heterocycles. The molecular weight excluding hydrogens is 699 g/mol. The van der Waals surface area contributed by atoms with Gasteiger partial charge >= 0.3 is 0 Å². The van der Waals surface area contributed by atoms with E-state index in [-0.39, 0.29) is 0 Å². The van der Waals surface area contributed by atoms with E-state index < -0.39 is 8.29 Å². The largest absolute Gasteiger partial charge is 0.309 e. The van der Waals surface area contributed by atoms with Crippen molar-refractivity contribution in [3.63, 3.8) is 0 Å². The lowest BCUT2D eigenvalue weighted by Crippen LogP contribution is -2.29. The molecule has 0 spiro atoms. The van der Waals surface area contributed by atoms with Gasteiger partial charge in [-0.25, -0.2) is 4.98 Å². The fourth-order valence-electron chi connectivity index (χ4n) is 8.29. The van der Waals surface area contributed by atoms with Crippen molar-refractivity contribution in [2.75, 3.05) is 31.3 Å². The first-order valence-corrected chi connectivity index (χ1v) is 23.7. The molecule has 0 unspecified atom stereocenters. The van der Waals surface area contributed by atoms with E-state index in [0.717, 1.165) is 44.8 Å². The van der Waals surface area contributed by atoms with Crippen molar-refractivity contribution < 1.29 is 0 Å². The van der Waals surface area contributed by atoms with Crippen molar-refractivity contribution in [3.05, 3.63) is 182 Å². The van der Waals surface area contributed by atoms with Crippen molar-refractivity contribution in [1.82, 2.24) is 14.1 Å². The smallest absolute Gasteiger partial charge is 0.138 e. The molecular formula is C52H45N3S. The summed E-state index contributed by atoms with van der Waals surface area (Å²) in [5, 5.41) is 4.93. The maximum atomic E-state index is 5.38. The van der Waals surface area contributed by atoms with E-state index in [1.165, 1.54) is 48.7 Å². The van der Waals surface area contributed by atoms with Gasteiger partial charge in [0.1, 0.15) is 5.82 Å². The maximum absolute atomic E-state index is 5.38. The molecule has 10 aromatic rings. The summed E-state index contributed by atoms with van der Waals surface area (Å²) in [6.07, 6.45) is 12.1. The summed E-state index contributed by atoms with van der Waals surface area (Å²) in [4.78, 5) is 6.79. The maximum Gasteiger partial charge on any atom is 0.138 e. The molecule has 3 nitrogen and oxygen atoms in total. The number of fused-ring (bicyclic) bond motifs is 6. The van der Waals surface area contributed by atoms with Crippen molar-refractivity contribution in [2.24, 2.45) is 0 Å². The molecule has 0 bridgehead atoms. The number of rotatable bonds is 6. The van der Waals surface area contributed by atoms with Crippen LogP contribution in [0.3, 0.4) is 0 Å². The first-order chi connectivity index (χ1) is 26.9. The summed E-state index contributed by atoms with van der Waals surface area (Å²) in [5.74, 6) is 0.896. The van der Waals surface area contributed by atoms with E-state index in [1.54, 1.807) is 0 Å². The van der Waals surface area contributed by atoms with Gasteiger partial charge in [-0.2, -0.15) is 0 Å². The Morgan fingerprint density at radius 1 is 0.357 bits per heavy atom. The van der Waals surface area contributed by atoms with Crippen LogP contribution in [-0.4, -0.2) is 45.4 Å². The van der Waals surface area contributed by atoms with Gasteiger partial charge in [-0.1, -0.05) is 121 Å². The summed E-state index contributed by atoms with van der Waals surface area (Å²) in [5.41, 5.74) is 12.5. The molecule has 0 radical (unpaired) electrons. The molecule has 274 valence electrons. The molecule has 0 fully saturated rings. The number of hydrogen-bond acceptors (Lipinski definition) is 1. The van der Waals surface area contributed by atoms with E-state index in [9.17, 15) is 0 Å². The van der Waals surface area contributed by atoms with E-state index in [1.807, 2.05) is 0 Å². The SMILES string of the molecule is CS(C)(C)(C)(C)c1ccc(-n2c3ccccc3c3ccc(-c4ccc5c6ccccc6n(-c6cc(-c7ccccc7)cc(-c7ccccc7)n6)c5c4)cc32)cc1. The highest BCUT2D eigenvalue weighted by Gasteiger charge is 2.38. The molecule has 3 heterocycles. The molecule has 4 heteroatoms. The Balaban J connectivity index is 1.18. The minimum absolute atomic E-state index is 0.896. The summed E-state index contributed by atoms with van der Waals surface area (Å²) in [6, 6.07) is 66.2. The lowest BCUT2D eigenvalue weighted by atomic mass is 10.0. The van der Waals surface area contributed by atoms with Crippen molar-refractivity contribution >= 4 is 51.9 Å². The topological polar surface area (TPSA) is 22.8 Å². The zero-order valence-electron chi connectivity index (χ0n) is 32.6. The zero-order valence-corrected chi connectivity index (χ0v) is 33.4. The van der Waals surface area contributed by atoms with E-state index in [2.05, 4.69) is 222 Å². The highest BCUT2D eigenvalue weighted by molar-refractivity contribution is 8.62. The molecule has 0 N–H and O–H groups in total. The minimum Gasteiger partial charge on any atom is -0.309 e. The molecule has 0 atom stereocenters. The van der Waals surface area contributed by atoms with Crippen molar-refractivity contribution in [2.45, 2.75) is 4.90 Å². The molecule has 10 rings (SSSR count). The Morgan fingerprint density at radius 2 is 0.839 bits per heavy atom. The van der Waals surface area contributed by atoms with Crippen LogP contribution in [0.1, 0.15) is 0 Å². The fraction of sp³-hybridized carbons (Fsp3) is 0.0962. The Hall–Kier alpha value is -6.36. The lowest BCUT2D eigenvalue weighted by molar-refractivity contribution is 1.08. The summed E-state index contributed by atoms with van der Waals surface area (Å²) in [7, 11) is -2.34. The highest BCUT2D eigenvalue weighted by Crippen LogP contribution is 2.81. The molecule has 56 heavy (non-hydrogen) atoms.